The summed E-state index contributed by atoms with van der Waals surface area (Å²) in [5, 5.41) is 13.3. The first-order valence-corrected chi connectivity index (χ1v) is 10.4. The van der Waals surface area contributed by atoms with Crippen molar-refractivity contribution >= 4 is 44.4 Å². The van der Waals surface area contributed by atoms with Crippen LogP contribution in [0.1, 0.15) is 19.3 Å². The maximum Gasteiger partial charge on any atom is 0.260 e. The molecule has 10 heteroatoms. The molecule has 1 fully saturated rings. The number of halogens is 1. The van der Waals surface area contributed by atoms with Crippen LogP contribution < -0.4 is 5.32 Å². The second kappa shape index (κ2) is 6.99. The van der Waals surface area contributed by atoms with E-state index < -0.39 is 10.0 Å². The number of H-pyrrole nitrogens is 1. The standard InChI is InChI=1S/C17H18ClN5O3S/c18-11-4-6-14(24)13(10-11)20-17-19-12-5-7-15(21-16(12)22-17)27(25,26)23-8-2-1-3-9-23/h4-7,10,24H,1-3,8-9H2,(H2,19,20,21,22). The molecule has 3 N–H and O–H groups in total. The number of hydrogen-bond acceptors (Lipinski definition) is 6. The molecule has 1 aromatic carbocycles. The van der Waals surface area contributed by atoms with E-state index in [1.807, 2.05) is 0 Å². The van der Waals surface area contributed by atoms with Gasteiger partial charge in [0.1, 0.15) is 11.3 Å². The molecule has 0 spiro atoms. The van der Waals surface area contributed by atoms with Crippen LogP contribution in [0.25, 0.3) is 11.2 Å². The highest BCUT2D eigenvalue weighted by Crippen LogP contribution is 2.29. The number of piperidine rings is 1. The Kier molecular flexibility index (Phi) is 4.67. The number of aromatic nitrogens is 3. The summed E-state index contributed by atoms with van der Waals surface area (Å²) >= 11 is 5.94. The molecule has 1 aliphatic rings. The first-order valence-electron chi connectivity index (χ1n) is 8.56. The number of imidazole rings is 1. The second-order valence-electron chi connectivity index (χ2n) is 6.35. The maximum atomic E-state index is 12.8. The number of pyridine rings is 1. The van der Waals surface area contributed by atoms with E-state index in [1.165, 1.54) is 16.4 Å². The first-order chi connectivity index (χ1) is 12.9. The van der Waals surface area contributed by atoms with Gasteiger partial charge in [0, 0.05) is 18.1 Å². The number of aromatic hydroxyl groups is 1. The molecule has 1 saturated heterocycles. The highest BCUT2D eigenvalue weighted by molar-refractivity contribution is 7.89. The Morgan fingerprint density at radius 3 is 2.67 bits per heavy atom. The van der Waals surface area contributed by atoms with E-state index in [2.05, 4.69) is 20.3 Å². The molecule has 0 bridgehead atoms. The number of sulfonamides is 1. The van der Waals surface area contributed by atoms with Gasteiger partial charge in [-0.15, -0.1) is 0 Å². The van der Waals surface area contributed by atoms with Crippen LogP contribution in [0.5, 0.6) is 5.75 Å². The summed E-state index contributed by atoms with van der Waals surface area (Å²) in [6, 6.07) is 7.67. The van der Waals surface area contributed by atoms with E-state index in [9.17, 15) is 13.5 Å². The van der Waals surface area contributed by atoms with Gasteiger partial charge < -0.3 is 15.4 Å². The Morgan fingerprint density at radius 1 is 1.11 bits per heavy atom. The molecule has 8 nitrogen and oxygen atoms in total. The van der Waals surface area contributed by atoms with Gasteiger partial charge in [-0.1, -0.05) is 18.0 Å². The minimum atomic E-state index is -3.62. The lowest BCUT2D eigenvalue weighted by atomic mass is 10.2. The zero-order chi connectivity index (χ0) is 19.0. The molecule has 1 aliphatic heterocycles. The molecule has 2 aromatic heterocycles. The van der Waals surface area contributed by atoms with Crippen LogP contribution in [-0.4, -0.2) is 45.9 Å². The molecule has 0 radical (unpaired) electrons. The molecular weight excluding hydrogens is 390 g/mol. The summed E-state index contributed by atoms with van der Waals surface area (Å²) in [6.07, 6.45) is 2.77. The lowest BCUT2D eigenvalue weighted by Gasteiger charge is -2.25. The van der Waals surface area contributed by atoms with Crippen LogP contribution in [0.3, 0.4) is 0 Å². The van der Waals surface area contributed by atoms with Crippen LogP contribution in [0, 0.1) is 0 Å². The van der Waals surface area contributed by atoms with Gasteiger partial charge >= 0.3 is 0 Å². The first kappa shape index (κ1) is 18.0. The fraction of sp³-hybridized carbons (Fsp3) is 0.294. The molecule has 0 saturated carbocycles. The predicted octanol–water partition coefficient (Wildman–Crippen LogP) is 3.24. The molecule has 4 rings (SSSR count). The van der Waals surface area contributed by atoms with E-state index in [4.69, 9.17) is 11.6 Å². The Hall–Kier alpha value is -2.36. The topological polar surface area (TPSA) is 111 Å². The normalized spacial score (nSPS) is 15.9. The van der Waals surface area contributed by atoms with Crippen molar-refractivity contribution in [2.45, 2.75) is 24.3 Å². The molecular formula is C17H18ClN5O3S. The van der Waals surface area contributed by atoms with Crippen LogP contribution in [0.15, 0.2) is 35.4 Å². The number of phenols is 1. The van der Waals surface area contributed by atoms with Crippen molar-refractivity contribution in [2.24, 2.45) is 0 Å². The number of benzene rings is 1. The fourth-order valence-electron chi connectivity index (χ4n) is 3.05. The number of fused-ring (bicyclic) bond motifs is 1. The Labute approximate surface area is 161 Å². The number of anilines is 2. The number of aromatic amines is 1. The van der Waals surface area contributed by atoms with Crippen LogP contribution in [0.2, 0.25) is 5.02 Å². The molecule has 27 heavy (non-hydrogen) atoms. The second-order valence-corrected chi connectivity index (χ2v) is 8.68. The molecule has 0 atom stereocenters. The maximum absolute atomic E-state index is 12.8. The Morgan fingerprint density at radius 2 is 1.89 bits per heavy atom. The van der Waals surface area contributed by atoms with E-state index in [1.54, 1.807) is 18.2 Å². The largest absolute Gasteiger partial charge is 0.506 e. The summed E-state index contributed by atoms with van der Waals surface area (Å²) in [4.78, 5) is 11.5. The van der Waals surface area contributed by atoms with Crippen molar-refractivity contribution in [1.29, 1.82) is 0 Å². The van der Waals surface area contributed by atoms with Crippen LogP contribution in [0.4, 0.5) is 11.6 Å². The van der Waals surface area contributed by atoms with E-state index in [0.29, 0.717) is 40.9 Å². The number of phenolic OH excluding ortho intramolecular Hbond substituents is 1. The molecule has 0 aliphatic carbocycles. The highest BCUT2D eigenvalue weighted by Gasteiger charge is 2.27. The minimum Gasteiger partial charge on any atom is -0.506 e. The van der Waals surface area contributed by atoms with Crippen LogP contribution >= 0.6 is 11.6 Å². The highest BCUT2D eigenvalue weighted by atomic mass is 35.5. The summed E-state index contributed by atoms with van der Waals surface area (Å²) in [6.45, 7) is 1.04. The lowest BCUT2D eigenvalue weighted by molar-refractivity contribution is 0.345. The number of nitrogens with one attached hydrogen (secondary N) is 2. The minimum absolute atomic E-state index is 0.00213. The van der Waals surface area contributed by atoms with Gasteiger partial charge in [0.15, 0.2) is 10.7 Å². The molecule has 142 valence electrons. The number of rotatable bonds is 4. The van der Waals surface area contributed by atoms with Gasteiger partial charge in [-0.05, 0) is 43.2 Å². The van der Waals surface area contributed by atoms with Gasteiger partial charge in [-0.3, -0.25) is 0 Å². The van der Waals surface area contributed by atoms with Crippen molar-refractivity contribution in [3.8, 4) is 5.75 Å². The van der Waals surface area contributed by atoms with Gasteiger partial charge in [0.25, 0.3) is 10.0 Å². The molecule has 0 amide bonds. The SMILES string of the molecule is O=S(=O)(c1ccc2nc(Nc3cc(Cl)ccc3O)[nH]c2n1)N1CCCCC1. The fourth-order valence-corrected chi connectivity index (χ4v) is 4.68. The monoisotopic (exact) mass is 407 g/mol. The van der Waals surface area contributed by atoms with Gasteiger partial charge in [-0.25, -0.2) is 18.4 Å². The van der Waals surface area contributed by atoms with Crippen molar-refractivity contribution in [3.05, 3.63) is 35.4 Å². The molecule has 3 aromatic rings. The number of hydrogen-bond donors (Lipinski definition) is 3. The smallest absolute Gasteiger partial charge is 0.260 e. The third-order valence-electron chi connectivity index (χ3n) is 4.45. The third-order valence-corrected chi connectivity index (χ3v) is 6.48. The number of nitrogens with zero attached hydrogens (tertiary/aromatic N) is 3. The van der Waals surface area contributed by atoms with Crippen molar-refractivity contribution in [3.63, 3.8) is 0 Å². The zero-order valence-electron chi connectivity index (χ0n) is 14.3. The van der Waals surface area contributed by atoms with Crippen molar-refractivity contribution in [1.82, 2.24) is 19.3 Å². The third kappa shape index (κ3) is 3.58. The van der Waals surface area contributed by atoms with Gasteiger partial charge in [-0.2, -0.15) is 4.31 Å². The summed E-state index contributed by atoms with van der Waals surface area (Å²) < 4.78 is 27.0. The van der Waals surface area contributed by atoms with E-state index in [-0.39, 0.29) is 10.8 Å². The van der Waals surface area contributed by atoms with E-state index in [0.717, 1.165) is 19.3 Å². The Bertz CT molecular complexity index is 1090. The van der Waals surface area contributed by atoms with Gasteiger partial charge in [0.05, 0.1) is 5.69 Å². The average Bonchev–Trinajstić information content (AvgIpc) is 3.07. The average molecular weight is 408 g/mol. The predicted molar refractivity (Wildman–Crippen MR) is 103 cm³/mol. The van der Waals surface area contributed by atoms with Crippen molar-refractivity contribution in [2.75, 3.05) is 18.4 Å². The molecule has 3 heterocycles. The Balaban J connectivity index is 1.65. The quantitative estimate of drug-likeness (QED) is 0.572. The summed E-state index contributed by atoms with van der Waals surface area (Å²) in [7, 11) is -3.62. The summed E-state index contributed by atoms with van der Waals surface area (Å²) in [5.41, 5.74) is 1.23. The summed E-state index contributed by atoms with van der Waals surface area (Å²) in [5.74, 6) is 0.337. The lowest BCUT2D eigenvalue weighted by Crippen LogP contribution is -2.36. The van der Waals surface area contributed by atoms with E-state index >= 15 is 0 Å². The van der Waals surface area contributed by atoms with Gasteiger partial charge in [0.2, 0.25) is 5.95 Å². The molecule has 0 unspecified atom stereocenters. The zero-order valence-corrected chi connectivity index (χ0v) is 15.9. The van der Waals surface area contributed by atoms with Crippen molar-refractivity contribution < 1.29 is 13.5 Å². The van der Waals surface area contributed by atoms with Crippen LogP contribution in [-0.2, 0) is 10.0 Å².